The van der Waals surface area contributed by atoms with Gasteiger partial charge in [-0.3, -0.25) is 4.79 Å². The van der Waals surface area contributed by atoms with Crippen LogP contribution >= 0.6 is 11.3 Å². The second-order valence-corrected chi connectivity index (χ2v) is 11.5. The number of hydrogen-bond donors (Lipinski definition) is 0. The highest BCUT2D eigenvalue weighted by atomic mass is 32.2. The minimum Gasteiger partial charge on any atom is -0.376 e. The van der Waals surface area contributed by atoms with Gasteiger partial charge in [-0.25, -0.2) is 17.8 Å². The number of thiophene rings is 1. The molecule has 1 atom stereocenters. The standard InChI is InChI=1S/C24H28FN3O4S2/c1-17(2)27(23(29)22-6-4-12-33-22)14-20-13-26-24(28(20)15-21-5-3-11-32-21)34(30,31)16-18-7-9-19(25)10-8-18/h4,6-10,12-13,17,21H,3,5,11,14-16H2,1-2H3/t21-/m1/s1. The molecule has 1 aliphatic heterocycles. The van der Waals surface area contributed by atoms with Crippen LogP contribution in [0.25, 0.3) is 0 Å². The molecule has 0 saturated carbocycles. The average Bonchev–Trinajstić information content (AvgIpc) is 3.56. The molecule has 2 aromatic heterocycles. The Kier molecular flexibility index (Phi) is 7.49. The van der Waals surface area contributed by atoms with E-state index in [1.54, 1.807) is 15.5 Å². The molecule has 10 heteroatoms. The van der Waals surface area contributed by atoms with Crippen LogP contribution in [0.2, 0.25) is 0 Å². The number of sulfone groups is 1. The van der Waals surface area contributed by atoms with Crippen LogP contribution in [0.5, 0.6) is 0 Å². The summed E-state index contributed by atoms with van der Waals surface area (Å²) in [6.07, 6.45) is 3.16. The van der Waals surface area contributed by atoms with Crippen LogP contribution in [-0.4, -0.2) is 47.5 Å². The van der Waals surface area contributed by atoms with Crippen LogP contribution < -0.4 is 0 Å². The summed E-state index contributed by atoms with van der Waals surface area (Å²) < 4.78 is 47.4. The molecule has 0 bridgehead atoms. The lowest BCUT2D eigenvalue weighted by Crippen LogP contribution is -2.37. The number of halogens is 1. The van der Waals surface area contributed by atoms with Gasteiger partial charge < -0.3 is 14.2 Å². The Balaban J connectivity index is 1.67. The van der Waals surface area contributed by atoms with Gasteiger partial charge in [0.1, 0.15) is 5.82 Å². The maximum atomic E-state index is 13.3. The Labute approximate surface area is 203 Å². The third kappa shape index (κ3) is 5.56. The molecule has 1 amide bonds. The monoisotopic (exact) mass is 505 g/mol. The van der Waals surface area contributed by atoms with Crippen LogP contribution in [0.3, 0.4) is 0 Å². The normalized spacial score (nSPS) is 16.3. The molecule has 1 aromatic carbocycles. The molecule has 1 saturated heterocycles. The number of benzene rings is 1. The third-order valence-electron chi connectivity index (χ3n) is 5.81. The van der Waals surface area contributed by atoms with Gasteiger partial charge in [0.05, 0.1) is 41.7 Å². The van der Waals surface area contributed by atoms with E-state index in [1.807, 2.05) is 25.3 Å². The fraction of sp³-hybridized carbons (Fsp3) is 0.417. The first-order chi connectivity index (χ1) is 16.2. The van der Waals surface area contributed by atoms with E-state index in [4.69, 9.17) is 4.74 Å². The lowest BCUT2D eigenvalue weighted by atomic mass is 10.2. The summed E-state index contributed by atoms with van der Waals surface area (Å²) in [5.74, 6) is -0.824. The van der Waals surface area contributed by atoms with Gasteiger partial charge in [0.2, 0.25) is 15.0 Å². The van der Waals surface area contributed by atoms with Crippen molar-refractivity contribution in [3.8, 4) is 0 Å². The van der Waals surface area contributed by atoms with Crippen molar-refractivity contribution in [3.63, 3.8) is 0 Å². The summed E-state index contributed by atoms with van der Waals surface area (Å²) >= 11 is 1.37. The summed E-state index contributed by atoms with van der Waals surface area (Å²) in [5.41, 5.74) is 1.11. The third-order valence-corrected chi connectivity index (χ3v) is 8.26. The van der Waals surface area contributed by atoms with E-state index in [9.17, 15) is 17.6 Å². The highest BCUT2D eigenvalue weighted by molar-refractivity contribution is 7.90. The summed E-state index contributed by atoms with van der Waals surface area (Å²) in [6, 6.07) is 8.92. The van der Waals surface area contributed by atoms with Gasteiger partial charge in [-0.05, 0) is 55.8 Å². The van der Waals surface area contributed by atoms with Gasteiger partial charge in [-0.15, -0.1) is 11.3 Å². The molecular formula is C24H28FN3O4S2. The second kappa shape index (κ2) is 10.4. The molecule has 3 heterocycles. The molecule has 3 aromatic rings. The van der Waals surface area contributed by atoms with Gasteiger partial charge in [-0.2, -0.15) is 0 Å². The van der Waals surface area contributed by atoms with Gasteiger partial charge >= 0.3 is 0 Å². The first-order valence-electron chi connectivity index (χ1n) is 11.2. The largest absolute Gasteiger partial charge is 0.376 e. The van der Waals surface area contributed by atoms with E-state index in [2.05, 4.69) is 4.98 Å². The maximum absolute atomic E-state index is 13.3. The topological polar surface area (TPSA) is 81.5 Å². The minimum absolute atomic E-state index is 0.0606. The SMILES string of the molecule is CC(C)N(Cc1cnc(S(=O)(=O)Cc2ccc(F)cc2)n1C[C@H]1CCCO1)C(=O)c1cccs1. The number of hydrogen-bond acceptors (Lipinski definition) is 6. The Morgan fingerprint density at radius 1 is 1.29 bits per heavy atom. The van der Waals surface area contributed by atoms with Crippen molar-refractivity contribution in [1.29, 1.82) is 0 Å². The molecule has 0 aliphatic carbocycles. The molecule has 7 nitrogen and oxygen atoms in total. The van der Waals surface area contributed by atoms with Crippen LogP contribution in [0.15, 0.2) is 53.1 Å². The van der Waals surface area contributed by atoms with Crippen molar-refractivity contribution in [1.82, 2.24) is 14.5 Å². The van der Waals surface area contributed by atoms with Gasteiger partial charge in [-0.1, -0.05) is 18.2 Å². The van der Waals surface area contributed by atoms with Gasteiger partial charge in [0, 0.05) is 12.6 Å². The highest BCUT2D eigenvalue weighted by Gasteiger charge is 2.29. The number of ether oxygens (including phenoxy) is 1. The van der Waals surface area contributed by atoms with E-state index in [-0.39, 0.29) is 35.5 Å². The fourth-order valence-corrected chi connectivity index (χ4v) is 6.20. The molecule has 1 fully saturated rings. The van der Waals surface area contributed by atoms with Crippen molar-refractivity contribution in [3.05, 3.63) is 69.9 Å². The highest BCUT2D eigenvalue weighted by Crippen LogP contribution is 2.24. The lowest BCUT2D eigenvalue weighted by Gasteiger charge is -2.27. The predicted molar refractivity (Wildman–Crippen MR) is 128 cm³/mol. The summed E-state index contributed by atoms with van der Waals surface area (Å²) in [4.78, 5) is 19.7. The zero-order valence-electron chi connectivity index (χ0n) is 19.2. The molecule has 1 aliphatic rings. The first-order valence-corrected chi connectivity index (χ1v) is 13.8. The fourth-order valence-electron chi connectivity index (χ4n) is 4.02. The number of carbonyl (C=O) groups excluding carboxylic acids is 1. The molecule has 0 radical (unpaired) electrons. The second-order valence-electron chi connectivity index (χ2n) is 8.67. The summed E-state index contributed by atoms with van der Waals surface area (Å²) in [5, 5.41) is 1.79. The molecule has 4 rings (SSSR count). The van der Waals surface area contributed by atoms with Crippen molar-refractivity contribution in [2.75, 3.05) is 6.61 Å². The lowest BCUT2D eigenvalue weighted by molar-refractivity contribution is 0.0683. The average molecular weight is 506 g/mol. The molecule has 0 N–H and O–H groups in total. The molecule has 0 unspecified atom stereocenters. The summed E-state index contributed by atoms with van der Waals surface area (Å²) in [6.45, 7) is 5.06. The van der Waals surface area contributed by atoms with E-state index in [0.717, 1.165) is 12.8 Å². The van der Waals surface area contributed by atoms with E-state index in [1.165, 1.54) is 41.8 Å². The number of carbonyl (C=O) groups is 1. The zero-order valence-corrected chi connectivity index (χ0v) is 20.8. The first kappa shape index (κ1) is 24.6. The minimum atomic E-state index is -3.82. The number of imidazole rings is 1. The summed E-state index contributed by atoms with van der Waals surface area (Å²) in [7, 11) is -3.82. The predicted octanol–water partition coefficient (Wildman–Crippen LogP) is 4.29. The smallest absolute Gasteiger partial charge is 0.264 e. The van der Waals surface area contributed by atoms with Crippen LogP contribution in [0.1, 0.15) is 47.6 Å². The van der Waals surface area contributed by atoms with Crippen molar-refractivity contribution in [2.24, 2.45) is 0 Å². The zero-order chi connectivity index (χ0) is 24.3. The van der Waals surface area contributed by atoms with Crippen LogP contribution in [0, 0.1) is 5.82 Å². The van der Waals surface area contributed by atoms with E-state index < -0.39 is 15.7 Å². The number of nitrogens with zero attached hydrogens (tertiary/aromatic N) is 3. The van der Waals surface area contributed by atoms with E-state index >= 15 is 0 Å². The Bertz CT molecular complexity index is 1220. The molecule has 34 heavy (non-hydrogen) atoms. The van der Waals surface area contributed by atoms with Gasteiger partial charge in [0.15, 0.2) is 0 Å². The Hall–Kier alpha value is -2.56. The Morgan fingerprint density at radius 3 is 2.68 bits per heavy atom. The van der Waals surface area contributed by atoms with Crippen molar-refractivity contribution in [2.45, 2.75) is 62.8 Å². The van der Waals surface area contributed by atoms with E-state index in [0.29, 0.717) is 29.3 Å². The number of rotatable bonds is 9. The number of amides is 1. The van der Waals surface area contributed by atoms with Gasteiger partial charge in [0.25, 0.3) is 5.91 Å². The quantitative estimate of drug-likeness (QED) is 0.433. The Morgan fingerprint density at radius 2 is 2.06 bits per heavy atom. The molecule has 182 valence electrons. The van der Waals surface area contributed by atoms with Crippen molar-refractivity contribution < 1.29 is 22.3 Å². The maximum Gasteiger partial charge on any atom is 0.264 e. The van der Waals surface area contributed by atoms with Crippen molar-refractivity contribution >= 4 is 27.1 Å². The number of aromatic nitrogens is 2. The molecular weight excluding hydrogens is 477 g/mol. The van der Waals surface area contributed by atoms with Crippen LogP contribution in [0.4, 0.5) is 4.39 Å². The molecule has 0 spiro atoms. The van der Waals surface area contributed by atoms with Crippen LogP contribution in [-0.2, 0) is 33.4 Å².